The number of ketones is 1. The first-order valence-electron chi connectivity index (χ1n) is 13.5. The van der Waals surface area contributed by atoms with Crippen molar-refractivity contribution in [3.63, 3.8) is 0 Å². The molecule has 0 spiro atoms. The molecule has 1 amide bonds. The summed E-state index contributed by atoms with van der Waals surface area (Å²) < 4.78 is 6.80. The summed E-state index contributed by atoms with van der Waals surface area (Å²) in [7, 11) is 0. The van der Waals surface area contributed by atoms with Crippen LogP contribution < -0.4 is 5.32 Å². The Morgan fingerprint density at radius 1 is 1.27 bits per heavy atom. The molecule has 0 aromatic heterocycles. The van der Waals surface area contributed by atoms with Crippen LogP contribution in [0.25, 0.3) is 0 Å². The maximum absolute atomic E-state index is 12.0. The Labute approximate surface area is 200 Å². The Morgan fingerprint density at radius 3 is 2.82 bits per heavy atom. The molecule has 4 aliphatic carbocycles. The van der Waals surface area contributed by atoms with E-state index in [1.165, 1.54) is 31.3 Å². The lowest BCUT2D eigenvalue weighted by atomic mass is 9.47. The standard InChI is InChI=1S/C29H43NO3/c1-17(16-30-19(3)31)6-9-25-18(2)27-26(33-25)15-24-22-8-7-20-14-21(32)10-12-28(20,4)23(22)11-13-29(24,27)5/h10,12,14,17-18,22-27H,6-9,11,13,15-16H2,1-5H3,(H,30,31)/t17?,18-,22-,23+,24+,25?,26+,27+,28+,29+/m1/s1. The Bertz CT molecular complexity index is 876. The first-order chi connectivity index (χ1) is 15.6. The van der Waals surface area contributed by atoms with E-state index in [-0.39, 0.29) is 17.1 Å². The Hall–Kier alpha value is -1.42. The molecule has 1 aliphatic heterocycles. The van der Waals surface area contributed by atoms with E-state index >= 15 is 0 Å². The molecule has 1 N–H and O–H groups in total. The van der Waals surface area contributed by atoms with Gasteiger partial charge in [0.15, 0.2) is 5.78 Å². The number of rotatable bonds is 5. The van der Waals surface area contributed by atoms with Crippen LogP contribution in [0.3, 0.4) is 0 Å². The molecule has 3 saturated carbocycles. The first kappa shape index (κ1) is 23.3. The Morgan fingerprint density at radius 2 is 2.06 bits per heavy atom. The van der Waals surface area contributed by atoms with Gasteiger partial charge in [0.25, 0.3) is 0 Å². The van der Waals surface area contributed by atoms with Gasteiger partial charge in [-0.3, -0.25) is 9.59 Å². The molecule has 0 aromatic carbocycles. The molecule has 0 radical (unpaired) electrons. The third kappa shape index (κ3) is 3.75. The Balaban J connectivity index is 1.27. The van der Waals surface area contributed by atoms with E-state index in [4.69, 9.17) is 4.74 Å². The third-order valence-corrected chi connectivity index (χ3v) is 10.8. The van der Waals surface area contributed by atoms with Crippen molar-refractivity contribution in [2.75, 3.05) is 6.54 Å². The smallest absolute Gasteiger partial charge is 0.216 e. The number of nitrogens with one attached hydrogen (secondary N) is 1. The molecule has 4 fully saturated rings. The van der Waals surface area contributed by atoms with Crippen molar-refractivity contribution >= 4 is 11.7 Å². The number of carbonyl (C=O) groups is 2. The zero-order valence-corrected chi connectivity index (χ0v) is 21.2. The predicted octanol–water partition coefficient (Wildman–Crippen LogP) is 5.48. The zero-order valence-electron chi connectivity index (χ0n) is 21.2. The molecule has 0 bridgehead atoms. The second-order valence-electron chi connectivity index (χ2n) is 12.6. The van der Waals surface area contributed by atoms with Crippen LogP contribution in [0.4, 0.5) is 0 Å². The van der Waals surface area contributed by atoms with Gasteiger partial charge in [-0.05, 0) is 98.0 Å². The second kappa shape index (κ2) is 8.36. The summed E-state index contributed by atoms with van der Waals surface area (Å²) in [6, 6.07) is 0. The zero-order chi connectivity index (χ0) is 23.5. The summed E-state index contributed by atoms with van der Waals surface area (Å²) >= 11 is 0. The van der Waals surface area contributed by atoms with Gasteiger partial charge in [0.2, 0.25) is 5.91 Å². The van der Waals surface area contributed by atoms with Crippen molar-refractivity contribution in [2.24, 2.45) is 46.3 Å². The fourth-order valence-electron chi connectivity index (χ4n) is 9.08. The molecule has 1 heterocycles. The lowest BCUT2D eigenvalue weighted by Crippen LogP contribution is -2.50. The van der Waals surface area contributed by atoms with Gasteiger partial charge in [-0.2, -0.15) is 0 Å². The van der Waals surface area contributed by atoms with Crippen LogP contribution in [0.5, 0.6) is 0 Å². The predicted molar refractivity (Wildman–Crippen MR) is 130 cm³/mol. The number of fused-ring (bicyclic) bond motifs is 7. The van der Waals surface area contributed by atoms with Gasteiger partial charge in [-0.1, -0.05) is 39.3 Å². The molecule has 5 rings (SSSR count). The van der Waals surface area contributed by atoms with Gasteiger partial charge in [-0.15, -0.1) is 0 Å². The summed E-state index contributed by atoms with van der Waals surface area (Å²) in [5, 5.41) is 2.96. The highest BCUT2D eigenvalue weighted by Gasteiger charge is 2.64. The molecule has 0 aromatic rings. The highest BCUT2D eigenvalue weighted by molar-refractivity contribution is 6.01. The number of carbonyl (C=O) groups excluding carboxylic acids is 2. The normalized spacial score (nSPS) is 46.6. The van der Waals surface area contributed by atoms with E-state index in [9.17, 15) is 9.59 Å². The third-order valence-electron chi connectivity index (χ3n) is 10.8. The largest absolute Gasteiger partial charge is 0.374 e. The minimum atomic E-state index is 0.0611. The van der Waals surface area contributed by atoms with E-state index in [0.29, 0.717) is 41.3 Å². The summed E-state index contributed by atoms with van der Waals surface area (Å²) in [6.07, 6.45) is 15.1. The van der Waals surface area contributed by atoms with Gasteiger partial charge >= 0.3 is 0 Å². The van der Waals surface area contributed by atoms with Gasteiger partial charge < -0.3 is 10.1 Å². The molecule has 33 heavy (non-hydrogen) atoms. The van der Waals surface area contributed by atoms with Crippen molar-refractivity contribution in [3.05, 3.63) is 23.8 Å². The maximum atomic E-state index is 12.0. The summed E-state index contributed by atoms with van der Waals surface area (Å²) in [5.41, 5.74) is 1.85. The average Bonchev–Trinajstić information content (AvgIpc) is 3.24. The number of hydrogen-bond acceptors (Lipinski definition) is 3. The lowest BCUT2D eigenvalue weighted by molar-refractivity contribution is -0.119. The van der Waals surface area contributed by atoms with Gasteiger partial charge in [-0.25, -0.2) is 0 Å². The molecule has 5 aliphatic rings. The molecular weight excluding hydrogens is 410 g/mol. The highest BCUT2D eigenvalue weighted by Crippen LogP contribution is 2.69. The minimum absolute atomic E-state index is 0.0611. The average molecular weight is 454 g/mol. The molecular formula is C29H43NO3. The second-order valence-corrected chi connectivity index (χ2v) is 12.6. The van der Waals surface area contributed by atoms with E-state index in [1.54, 1.807) is 6.92 Å². The number of hydrogen-bond donors (Lipinski definition) is 1. The summed E-state index contributed by atoms with van der Waals surface area (Å²) in [6.45, 7) is 12.0. The van der Waals surface area contributed by atoms with Crippen molar-refractivity contribution in [1.29, 1.82) is 0 Å². The molecule has 182 valence electrons. The monoisotopic (exact) mass is 453 g/mol. The fourth-order valence-corrected chi connectivity index (χ4v) is 9.08. The quantitative estimate of drug-likeness (QED) is 0.600. The van der Waals surface area contributed by atoms with Crippen LogP contribution in [-0.2, 0) is 14.3 Å². The van der Waals surface area contributed by atoms with Crippen LogP contribution >= 0.6 is 0 Å². The molecule has 2 unspecified atom stereocenters. The van der Waals surface area contributed by atoms with Crippen LogP contribution in [0.2, 0.25) is 0 Å². The van der Waals surface area contributed by atoms with Crippen molar-refractivity contribution in [1.82, 2.24) is 5.32 Å². The Kier molecular flexibility index (Phi) is 5.91. The molecule has 4 nitrogen and oxygen atoms in total. The van der Waals surface area contributed by atoms with Crippen LogP contribution in [0, 0.1) is 46.3 Å². The number of allylic oxidation sites excluding steroid dienone is 4. The number of amides is 1. The van der Waals surface area contributed by atoms with Crippen molar-refractivity contribution in [2.45, 2.75) is 91.8 Å². The lowest BCUT2D eigenvalue weighted by Gasteiger charge is -2.57. The van der Waals surface area contributed by atoms with Crippen molar-refractivity contribution < 1.29 is 14.3 Å². The van der Waals surface area contributed by atoms with Crippen molar-refractivity contribution in [3.8, 4) is 0 Å². The molecule has 4 heteroatoms. The first-order valence-corrected chi connectivity index (χ1v) is 13.5. The van der Waals surface area contributed by atoms with Crippen LogP contribution in [0.15, 0.2) is 23.8 Å². The SMILES string of the molecule is CC(=O)NCC(C)CCC1O[C@H]2C[C@H]3[C@@H]4CCC5=CC(=O)C=C[C@]5(C)[C@H]4CC[C@]3(C)[C@H]2[C@@H]1C. The topological polar surface area (TPSA) is 55.4 Å². The molecule has 10 atom stereocenters. The summed E-state index contributed by atoms with van der Waals surface area (Å²) in [5.74, 6) is 4.18. The van der Waals surface area contributed by atoms with Crippen LogP contribution in [-0.4, -0.2) is 30.4 Å². The van der Waals surface area contributed by atoms with E-state index in [2.05, 4.69) is 39.1 Å². The highest BCUT2D eigenvalue weighted by atomic mass is 16.5. The van der Waals surface area contributed by atoms with Crippen LogP contribution in [0.1, 0.15) is 79.6 Å². The molecule has 1 saturated heterocycles. The fraction of sp³-hybridized carbons (Fsp3) is 0.793. The van der Waals surface area contributed by atoms with E-state index in [1.807, 2.05) is 12.2 Å². The van der Waals surface area contributed by atoms with Gasteiger partial charge in [0, 0.05) is 18.9 Å². The minimum Gasteiger partial charge on any atom is -0.374 e. The summed E-state index contributed by atoms with van der Waals surface area (Å²) in [4.78, 5) is 23.2. The van der Waals surface area contributed by atoms with E-state index < -0.39 is 0 Å². The van der Waals surface area contributed by atoms with E-state index in [0.717, 1.165) is 37.6 Å². The maximum Gasteiger partial charge on any atom is 0.216 e. The van der Waals surface area contributed by atoms with Gasteiger partial charge in [0.1, 0.15) is 0 Å². The number of ether oxygens (including phenoxy) is 1. The van der Waals surface area contributed by atoms with Gasteiger partial charge in [0.05, 0.1) is 12.2 Å².